The van der Waals surface area contributed by atoms with Crippen LogP contribution in [0.2, 0.25) is 0 Å². The molecule has 0 aromatic heterocycles. The van der Waals surface area contributed by atoms with Gasteiger partial charge in [-0.3, -0.25) is 0 Å². The molecule has 1 saturated carbocycles. The first-order chi connectivity index (χ1) is 6.65. The second kappa shape index (κ2) is 5.23. The van der Waals surface area contributed by atoms with E-state index < -0.39 is 0 Å². The number of hydrogen-bond donors (Lipinski definition) is 1. The molecular formula is C11H23N3. The summed E-state index contributed by atoms with van der Waals surface area (Å²) < 4.78 is 0. The number of guanidine groups is 1. The van der Waals surface area contributed by atoms with E-state index in [9.17, 15) is 0 Å². The highest BCUT2D eigenvalue weighted by atomic mass is 15.3. The number of nitrogens with two attached hydrogens (primary N) is 1. The zero-order chi connectivity index (χ0) is 10.6. The lowest BCUT2D eigenvalue weighted by Gasteiger charge is -2.25. The Balaban J connectivity index is 2.49. The van der Waals surface area contributed by atoms with Crippen molar-refractivity contribution in [3.8, 4) is 0 Å². The molecule has 14 heavy (non-hydrogen) atoms. The standard InChI is InChI=1S/C11H23N3/c1-4-9(2)14(3)11(12)13-10-7-5-6-8-10/h9-10H,4-8H2,1-3H3,(H2,12,13). The van der Waals surface area contributed by atoms with E-state index in [1.807, 2.05) is 7.05 Å². The summed E-state index contributed by atoms with van der Waals surface area (Å²) in [7, 11) is 2.03. The molecule has 2 N–H and O–H groups in total. The highest BCUT2D eigenvalue weighted by Gasteiger charge is 2.16. The Bertz CT molecular complexity index is 195. The second-order valence-electron chi connectivity index (χ2n) is 4.29. The van der Waals surface area contributed by atoms with Gasteiger partial charge in [-0.25, -0.2) is 4.99 Å². The van der Waals surface area contributed by atoms with Crippen LogP contribution in [0.3, 0.4) is 0 Å². The first-order valence-corrected chi connectivity index (χ1v) is 5.71. The summed E-state index contributed by atoms with van der Waals surface area (Å²) in [5.41, 5.74) is 5.95. The Hall–Kier alpha value is -0.730. The Labute approximate surface area is 87.4 Å². The molecule has 0 spiro atoms. The molecule has 0 aromatic carbocycles. The van der Waals surface area contributed by atoms with Crippen LogP contribution in [0.25, 0.3) is 0 Å². The summed E-state index contributed by atoms with van der Waals surface area (Å²) in [5.74, 6) is 0.714. The second-order valence-corrected chi connectivity index (χ2v) is 4.29. The molecule has 0 bridgehead atoms. The van der Waals surface area contributed by atoms with Crippen molar-refractivity contribution in [2.24, 2.45) is 10.7 Å². The number of nitrogens with zero attached hydrogens (tertiary/aromatic N) is 2. The smallest absolute Gasteiger partial charge is 0.191 e. The van der Waals surface area contributed by atoms with Gasteiger partial charge < -0.3 is 10.6 Å². The topological polar surface area (TPSA) is 41.6 Å². The molecule has 82 valence electrons. The highest BCUT2D eigenvalue weighted by molar-refractivity contribution is 5.78. The maximum Gasteiger partial charge on any atom is 0.191 e. The van der Waals surface area contributed by atoms with Crippen molar-refractivity contribution in [1.82, 2.24) is 4.90 Å². The molecule has 1 atom stereocenters. The van der Waals surface area contributed by atoms with Crippen LogP contribution < -0.4 is 5.73 Å². The Morgan fingerprint density at radius 1 is 1.50 bits per heavy atom. The molecule has 0 aliphatic heterocycles. The Kier molecular flexibility index (Phi) is 4.23. The van der Waals surface area contributed by atoms with Crippen LogP contribution in [0, 0.1) is 0 Å². The molecule has 1 unspecified atom stereocenters. The van der Waals surface area contributed by atoms with E-state index in [0.29, 0.717) is 18.0 Å². The van der Waals surface area contributed by atoms with E-state index in [0.717, 1.165) is 6.42 Å². The minimum Gasteiger partial charge on any atom is -0.370 e. The Morgan fingerprint density at radius 2 is 2.07 bits per heavy atom. The summed E-state index contributed by atoms with van der Waals surface area (Å²) in [6.45, 7) is 4.35. The van der Waals surface area contributed by atoms with Gasteiger partial charge in [0.15, 0.2) is 5.96 Å². The van der Waals surface area contributed by atoms with Crippen molar-refractivity contribution in [1.29, 1.82) is 0 Å². The Morgan fingerprint density at radius 3 is 2.57 bits per heavy atom. The van der Waals surface area contributed by atoms with Crippen molar-refractivity contribution in [2.45, 2.75) is 58.0 Å². The van der Waals surface area contributed by atoms with Crippen LogP contribution in [0.1, 0.15) is 46.0 Å². The highest BCUT2D eigenvalue weighted by Crippen LogP contribution is 2.21. The molecule has 0 saturated heterocycles. The number of rotatable bonds is 3. The van der Waals surface area contributed by atoms with Crippen molar-refractivity contribution in [3.63, 3.8) is 0 Å². The number of aliphatic imine (C=N–C) groups is 1. The lowest BCUT2D eigenvalue weighted by Crippen LogP contribution is -2.40. The van der Waals surface area contributed by atoms with E-state index in [4.69, 9.17) is 5.73 Å². The van der Waals surface area contributed by atoms with E-state index in [-0.39, 0.29) is 0 Å². The fraction of sp³-hybridized carbons (Fsp3) is 0.909. The van der Waals surface area contributed by atoms with Crippen molar-refractivity contribution >= 4 is 5.96 Å². The third-order valence-corrected chi connectivity index (χ3v) is 3.25. The van der Waals surface area contributed by atoms with Gasteiger partial charge in [-0.05, 0) is 26.2 Å². The summed E-state index contributed by atoms with van der Waals surface area (Å²) in [4.78, 5) is 6.65. The minimum absolute atomic E-state index is 0.486. The molecule has 0 aromatic rings. The van der Waals surface area contributed by atoms with Crippen molar-refractivity contribution < 1.29 is 0 Å². The fourth-order valence-corrected chi connectivity index (χ4v) is 1.81. The van der Waals surface area contributed by atoms with Crippen LogP contribution in [0.5, 0.6) is 0 Å². The summed E-state index contributed by atoms with van der Waals surface area (Å²) in [6, 6.07) is 0.974. The molecule has 0 heterocycles. The summed E-state index contributed by atoms with van der Waals surface area (Å²) >= 11 is 0. The lowest BCUT2D eigenvalue weighted by atomic mass is 10.2. The van der Waals surface area contributed by atoms with Gasteiger partial charge in [-0.15, -0.1) is 0 Å². The molecule has 0 amide bonds. The molecule has 1 fully saturated rings. The van der Waals surface area contributed by atoms with Crippen LogP contribution in [-0.2, 0) is 0 Å². The zero-order valence-corrected chi connectivity index (χ0v) is 9.66. The number of hydrogen-bond acceptors (Lipinski definition) is 1. The van der Waals surface area contributed by atoms with Crippen LogP contribution in [-0.4, -0.2) is 30.0 Å². The van der Waals surface area contributed by atoms with Gasteiger partial charge >= 0.3 is 0 Å². The molecule has 3 heteroatoms. The predicted octanol–water partition coefficient (Wildman–Crippen LogP) is 1.97. The monoisotopic (exact) mass is 197 g/mol. The molecule has 3 nitrogen and oxygen atoms in total. The van der Waals surface area contributed by atoms with Gasteiger partial charge in [-0.2, -0.15) is 0 Å². The van der Waals surface area contributed by atoms with Gasteiger partial charge in [0, 0.05) is 13.1 Å². The van der Waals surface area contributed by atoms with Crippen molar-refractivity contribution in [2.75, 3.05) is 7.05 Å². The van der Waals surface area contributed by atoms with Crippen LogP contribution in [0.4, 0.5) is 0 Å². The van der Waals surface area contributed by atoms with Gasteiger partial charge in [0.1, 0.15) is 0 Å². The van der Waals surface area contributed by atoms with Gasteiger partial charge in [0.25, 0.3) is 0 Å². The molecule has 1 aliphatic carbocycles. The lowest BCUT2D eigenvalue weighted by molar-refractivity contribution is 0.373. The minimum atomic E-state index is 0.486. The van der Waals surface area contributed by atoms with E-state index >= 15 is 0 Å². The fourth-order valence-electron chi connectivity index (χ4n) is 1.81. The average molecular weight is 197 g/mol. The molecular weight excluding hydrogens is 174 g/mol. The first kappa shape index (κ1) is 11.3. The zero-order valence-electron chi connectivity index (χ0n) is 9.66. The first-order valence-electron chi connectivity index (χ1n) is 5.71. The predicted molar refractivity (Wildman–Crippen MR) is 61.4 cm³/mol. The molecule has 0 radical (unpaired) electrons. The summed E-state index contributed by atoms with van der Waals surface area (Å²) in [6.07, 6.45) is 6.17. The van der Waals surface area contributed by atoms with Crippen molar-refractivity contribution in [3.05, 3.63) is 0 Å². The molecule has 1 rings (SSSR count). The maximum absolute atomic E-state index is 5.95. The average Bonchev–Trinajstić information content (AvgIpc) is 2.68. The van der Waals surface area contributed by atoms with Crippen LogP contribution >= 0.6 is 0 Å². The quantitative estimate of drug-likeness (QED) is 0.555. The van der Waals surface area contributed by atoms with E-state index in [2.05, 4.69) is 23.7 Å². The van der Waals surface area contributed by atoms with Gasteiger partial charge in [0.05, 0.1) is 6.04 Å². The van der Waals surface area contributed by atoms with E-state index in [1.54, 1.807) is 0 Å². The summed E-state index contributed by atoms with van der Waals surface area (Å²) in [5, 5.41) is 0. The maximum atomic E-state index is 5.95. The van der Waals surface area contributed by atoms with Gasteiger partial charge in [-0.1, -0.05) is 19.8 Å². The van der Waals surface area contributed by atoms with Crippen LogP contribution in [0.15, 0.2) is 4.99 Å². The molecule has 1 aliphatic rings. The SMILES string of the molecule is CCC(C)N(C)C(N)=NC1CCCC1. The third kappa shape index (κ3) is 2.89. The third-order valence-electron chi connectivity index (χ3n) is 3.25. The van der Waals surface area contributed by atoms with E-state index in [1.165, 1.54) is 25.7 Å². The largest absolute Gasteiger partial charge is 0.370 e. The van der Waals surface area contributed by atoms with Gasteiger partial charge in [0.2, 0.25) is 0 Å². The normalized spacial score (nSPS) is 21.2.